The zero-order valence-electron chi connectivity index (χ0n) is 12.3. The summed E-state index contributed by atoms with van der Waals surface area (Å²) in [5.41, 5.74) is 0. The molecule has 1 amide bonds. The molecular weight excluding hydrogens is 295 g/mol. The highest BCUT2D eigenvalue weighted by atomic mass is 35.5. The second kappa shape index (κ2) is 8.20. The average Bonchev–Trinajstić information content (AvgIpc) is 2.41. The Morgan fingerprint density at radius 2 is 2.29 bits per heavy atom. The Labute approximate surface area is 130 Å². The van der Waals surface area contributed by atoms with Crippen molar-refractivity contribution in [2.24, 2.45) is 5.92 Å². The van der Waals surface area contributed by atoms with Crippen molar-refractivity contribution >= 4 is 18.3 Å². The third-order valence-electron chi connectivity index (χ3n) is 3.63. The van der Waals surface area contributed by atoms with Gasteiger partial charge in [0.25, 0.3) is 5.91 Å². The molecule has 1 fully saturated rings. The Kier molecular flexibility index (Phi) is 6.92. The van der Waals surface area contributed by atoms with Crippen molar-refractivity contribution in [3.63, 3.8) is 0 Å². The molecule has 2 N–H and O–H groups in total. The number of benzene rings is 1. The summed E-state index contributed by atoms with van der Waals surface area (Å²) in [6.45, 7) is 5.56. The molecule has 3 atom stereocenters. The van der Waals surface area contributed by atoms with E-state index in [1.54, 1.807) is 19.1 Å². The van der Waals surface area contributed by atoms with Crippen LogP contribution in [0.25, 0.3) is 0 Å². The first-order valence-electron chi connectivity index (χ1n) is 6.99. The van der Waals surface area contributed by atoms with Crippen LogP contribution in [0.3, 0.4) is 0 Å². The van der Waals surface area contributed by atoms with Gasteiger partial charge in [0.05, 0.1) is 0 Å². The van der Waals surface area contributed by atoms with E-state index in [0.29, 0.717) is 11.7 Å². The highest BCUT2D eigenvalue weighted by Crippen LogP contribution is 2.15. The van der Waals surface area contributed by atoms with Crippen LogP contribution < -0.4 is 15.4 Å². The van der Waals surface area contributed by atoms with Gasteiger partial charge in [0.2, 0.25) is 0 Å². The average molecular weight is 317 g/mol. The molecule has 0 radical (unpaired) electrons. The van der Waals surface area contributed by atoms with Gasteiger partial charge < -0.3 is 15.4 Å². The highest BCUT2D eigenvalue weighted by Gasteiger charge is 2.25. The lowest BCUT2D eigenvalue weighted by Gasteiger charge is -2.31. The molecule has 0 bridgehead atoms. The summed E-state index contributed by atoms with van der Waals surface area (Å²) in [4.78, 5) is 12.1. The van der Waals surface area contributed by atoms with Crippen molar-refractivity contribution in [2.75, 3.05) is 13.1 Å². The fourth-order valence-corrected chi connectivity index (χ4v) is 2.28. The van der Waals surface area contributed by atoms with E-state index in [1.165, 1.54) is 12.1 Å². The molecule has 6 heteroatoms. The Hall–Kier alpha value is -1.33. The summed E-state index contributed by atoms with van der Waals surface area (Å²) >= 11 is 0. The molecule has 0 spiro atoms. The van der Waals surface area contributed by atoms with Gasteiger partial charge in [-0.1, -0.05) is 13.0 Å². The normalized spacial score (nSPS) is 22.8. The zero-order chi connectivity index (χ0) is 14.5. The molecule has 1 heterocycles. The Bertz CT molecular complexity index is 473. The van der Waals surface area contributed by atoms with E-state index in [-0.39, 0.29) is 30.2 Å². The van der Waals surface area contributed by atoms with E-state index < -0.39 is 6.10 Å². The fourth-order valence-electron chi connectivity index (χ4n) is 2.28. The first-order chi connectivity index (χ1) is 9.56. The third kappa shape index (κ3) is 5.17. The molecule has 1 aromatic rings. The van der Waals surface area contributed by atoms with Crippen molar-refractivity contribution < 1.29 is 13.9 Å². The molecule has 2 rings (SSSR count). The van der Waals surface area contributed by atoms with Gasteiger partial charge in [0.1, 0.15) is 11.6 Å². The van der Waals surface area contributed by atoms with Crippen LogP contribution in [0.15, 0.2) is 24.3 Å². The summed E-state index contributed by atoms with van der Waals surface area (Å²) in [6, 6.07) is 5.93. The van der Waals surface area contributed by atoms with Gasteiger partial charge in [-0.25, -0.2) is 4.39 Å². The number of hydrogen-bond acceptors (Lipinski definition) is 3. The minimum absolute atomic E-state index is 0. The largest absolute Gasteiger partial charge is 0.481 e. The number of hydrogen-bond donors (Lipinski definition) is 2. The molecule has 4 nitrogen and oxygen atoms in total. The monoisotopic (exact) mass is 316 g/mol. The number of nitrogens with one attached hydrogen (secondary N) is 2. The first kappa shape index (κ1) is 17.7. The standard InChI is InChI=1S/C15H21FN2O2.ClH/c1-10-6-7-17-9-14(10)18-15(19)11(2)20-13-5-3-4-12(16)8-13;/h3-5,8,10-11,14,17H,6-7,9H2,1-2H3,(H,18,19);1H. The summed E-state index contributed by atoms with van der Waals surface area (Å²) in [5.74, 6) is 0.263. The van der Waals surface area contributed by atoms with Crippen LogP contribution in [0.2, 0.25) is 0 Å². The highest BCUT2D eigenvalue weighted by molar-refractivity contribution is 5.85. The van der Waals surface area contributed by atoms with Gasteiger partial charge in [0.15, 0.2) is 6.10 Å². The quantitative estimate of drug-likeness (QED) is 0.894. The molecule has 1 saturated heterocycles. The molecule has 0 aromatic heterocycles. The maximum Gasteiger partial charge on any atom is 0.261 e. The van der Waals surface area contributed by atoms with E-state index in [4.69, 9.17) is 4.74 Å². The van der Waals surface area contributed by atoms with Gasteiger partial charge in [-0.3, -0.25) is 4.79 Å². The van der Waals surface area contributed by atoms with Crippen molar-refractivity contribution in [3.05, 3.63) is 30.1 Å². The van der Waals surface area contributed by atoms with Crippen LogP contribution in [0.4, 0.5) is 4.39 Å². The molecule has 1 aliphatic heterocycles. The van der Waals surface area contributed by atoms with Crippen molar-refractivity contribution in [2.45, 2.75) is 32.4 Å². The Balaban J connectivity index is 0.00000220. The van der Waals surface area contributed by atoms with E-state index in [0.717, 1.165) is 19.5 Å². The van der Waals surface area contributed by atoms with Crippen molar-refractivity contribution in [1.29, 1.82) is 0 Å². The molecule has 0 saturated carbocycles. The van der Waals surface area contributed by atoms with Gasteiger partial charge in [-0.2, -0.15) is 0 Å². The SMILES string of the molecule is CC(Oc1cccc(F)c1)C(=O)NC1CNCCC1C.Cl. The summed E-state index contributed by atoms with van der Waals surface area (Å²) in [6.07, 6.45) is 0.398. The zero-order valence-corrected chi connectivity index (χ0v) is 13.1. The second-order valence-corrected chi connectivity index (χ2v) is 5.30. The topological polar surface area (TPSA) is 50.4 Å². The minimum atomic E-state index is -0.647. The van der Waals surface area contributed by atoms with Crippen LogP contribution in [0, 0.1) is 11.7 Å². The molecule has 1 aromatic carbocycles. The summed E-state index contributed by atoms with van der Waals surface area (Å²) < 4.78 is 18.5. The van der Waals surface area contributed by atoms with Crippen LogP contribution in [-0.4, -0.2) is 31.1 Å². The lowest BCUT2D eigenvalue weighted by molar-refractivity contribution is -0.128. The molecule has 0 aliphatic carbocycles. The van der Waals surface area contributed by atoms with Gasteiger partial charge in [0, 0.05) is 18.7 Å². The number of carbonyl (C=O) groups is 1. The summed E-state index contributed by atoms with van der Waals surface area (Å²) in [7, 11) is 0. The van der Waals surface area contributed by atoms with E-state index in [9.17, 15) is 9.18 Å². The maximum atomic E-state index is 13.1. The lowest BCUT2D eigenvalue weighted by atomic mass is 9.95. The van der Waals surface area contributed by atoms with Gasteiger partial charge >= 0.3 is 0 Å². The molecule has 21 heavy (non-hydrogen) atoms. The first-order valence-corrected chi connectivity index (χ1v) is 6.99. The van der Waals surface area contributed by atoms with E-state index in [1.807, 2.05) is 0 Å². The molecule has 3 unspecified atom stereocenters. The molecule has 118 valence electrons. The van der Waals surface area contributed by atoms with Crippen LogP contribution in [0.5, 0.6) is 5.75 Å². The fraction of sp³-hybridized carbons (Fsp3) is 0.533. The maximum absolute atomic E-state index is 13.1. The van der Waals surface area contributed by atoms with Crippen LogP contribution >= 0.6 is 12.4 Å². The van der Waals surface area contributed by atoms with Crippen molar-refractivity contribution in [3.8, 4) is 5.75 Å². The van der Waals surface area contributed by atoms with Crippen LogP contribution in [-0.2, 0) is 4.79 Å². The smallest absolute Gasteiger partial charge is 0.261 e. The van der Waals surface area contributed by atoms with Crippen LogP contribution in [0.1, 0.15) is 20.3 Å². The number of ether oxygens (including phenoxy) is 1. The van der Waals surface area contributed by atoms with Crippen molar-refractivity contribution in [1.82, 2.24) is 10.6 Å². The van der Waals surface area contributed by atoms with Gasteiger partial charge in [-0.05, 0) is 37.9 Å². The third-order valence-corrected chi connectivity index (χ3v) is 3.63. The predicted octanol–water partition coefficient (Wildman–Crippen LogP) is 2.13. The minimum Gasteiger partial charge on any atom is -0.481 e. The number of rotatable bonds is 4. The van der Waals surface area contributed by atoms with E-state index in [2.05, 4.69) is 17.6 Å². The predicted molar refractivity (Wildman–Crippen MR) is 82.3 cm³/mol. The number of piperidine rings is 1. The Morgan fingerprint density at radius 1 is 1.52 bits per heavy atom. The van der Waals surface area contributed by atoms with Gasteiger partial charge in [-0.15, -0.1) is 12.4 Å². The lowest BCUT2D eigenvalue weighted by Crippen LogP contribution is -2.52. The number of halogens is 2. The number of carbonyl (C=O) groups excluding carboxylic acids is 1. The Morgan fingerprint density at radius 3 is 2.95 bits per heavy atom. The van der Waals surface area contributed by atoms with E-state index >= 15 is 0 Å². The second-order valence-electron chi connectivity index (χ2n) is 5.30. The number of amides is 1. The summed E-state index contributed by atoms with van der Waals surface area (Å²) in [5, 5.41) is 6.24. The molecular formula is C15H22ClFN2O2. The molecule has 1 aliphatic rings.